The summed E-state index contributed by atoms with van der Waals surface area (Å²) in [5.41, 5.74) is 2.18. The van der Waals surface area contributed by atoms with Crippen LogP contribution in [-0.2, 0) is 0 Å². The molecule has 1 aromatic heterocycles. The van der Waals surface area contributed by atoms with E-state index in [9.17, 15) is 4.79 Å². The van der Waals surface area contributed by atoms with Gasteiger partial charge in [-0.15, -0.1) is 10.2 Å². The molecule has 6 nitrogen and oxygen atoms in total. The standard InChI is InChI=1S/C20H18ClN3O3/c1-26-17-7-5-14(6-8-17)18-9-10-19(24-23-18)27-12-11-22-20(25)15-3-2-4-16(21)13-15/h2-10,13H,11-12H2,1H3,(H,22,25). The summed E-state index contributed by atoms with van der Waals surface area (Å²) in [7, 11) is 1.62. The average molecular weight is 384 g/mol. The molecule has 0 fully saturated rings. The summed E-state index contributed by atoms with van der Waals surface area (Å²) in [5, 5.41) is 11.5. The van der Waals surface area contributed by atoms with E-state index in [1.165, 1.54) is 0 Å². The number of benzene rings is 2. The normalized spacial score (nSPS) is 10.3. The van der Waals surface area contributed by atoms with Crippen LogP contribution in [0.25, 0.3) is 11.3 Å². The van der Waals surface area contributed by atoms with E-state index in [2.05, 4.69) is 15.5 Å². The SMILES string of the molecule is COc1ccc(-c2ccc(OCCNC(=O)c3cccc(Cl)c3)nn2)cc1. The number of amides is 1. The molecule has 0 radical (unpaired) electrons. The first kappa shape index (κ1) is 18.7. The second-order valence-electron chi connectivity index (χ2n) is 5.60. The third-order valence-electron chi connectivity index (χ3n) is 3.75. The molecule has 0 aliphatic rings. The number of hydrogen-bond donors (Lipinski definition) is 1. The van der Waals surface area contributed by atoms with Crippen molar-refractivity contribution in [3.8, 4) is 22.9 Å². The van der Waals surface area contributed by atoms with Gasteiger partial charge in [-0.1, -0.05) is 17.7 Å². The minimum Gasteiger partial charge on any atom is -0.497 e. The van der Waals surface area contributed by atoms with Gasteiger partial charge in [0.2, 0.25) is 5.88 Å². The fraction of sp³-hybridized carbons (Fsp3) is 0.150. The minimum absolute atomic E-state index is 0.206. The number of ether oxygens (including phenoxy) is 2. The Labute approximate surface area is 162 Å². The van der Waals surface area contributed by atoms with E-state index in [1.54, 1.807) is 37.4 Å². The molecule has 3 aromatic rings. The zero-order valence-electron chi connectivity index (χ0n) is 14.7. The van der Waals surface area contributed by atoms with Crippen LogP contribution >= 0.6 is 11.6 Å². The van der Waals surface area contributed by atoms with Crippen LogP contribution in [0.2, 0.25) is 5.02 Å². The summed E-state index contributed by atoms with van der Waals surface area (Å²) >= 11 is 5.88. The van der Waals surface area contributed by atoms with Crippen molar-refractivity contribution in [2.24, 2.45) is 0 Å². The number of carbonyl (C=O) groups excluding carboxylic acids is 1. The number of nitrogens with zero attached hydrogens (tertiary/aromatic N) is 2. The van der Waals surface area contributed by atoms with Gasteiger partial charge in [-0.25, -0.2) is 0 Å². The monoisotopic (exact) mass is 383 g/mol. The van der Waals surface area contributed by atoms with Crippen LogP contribution in [0.3, 0.4) is 0 Å². The lowest BCUT2D eigenvalue weighted by Crippen LogP contribution is -2.28. The number of hydrogen-bond acceptors (Lipinski definition) is 5. The maximum absolute atomic E-state index is 12.0. The zero-order valence-corrected chi connectivity index (χ0v) is 15.4. The maximum atomic E-state index is 12.0. The summed E-state index contributed by atoms with van der Waals surface area (Å²) in [6.07, 6.45) is 0. The van der Waals surface area contributed by atoms with Gasteiger partial charge in [-0.2, -0.15) is 0 Å². The second kappa shape index (κ2) is 9.00. The molecular formula is C20H18ClN3O3. The van der Waals surface area contributed by atoms with Crippen molar-refractivity contribution in [3.05, 3.63) is 71.2 Å². The smallest absolute Gasteiger partial charge is 0.251 e. The summed E-state index contributed by atoms with van der Waals surface area (Å²) in [6.45, 7) is 0.621. The number of rotatable bonds is 7. The molecule has 1 N–H and O–H groups in total. The molecule has 7 heteroatoms. The first-order chi connectivity index (χ1) is 13.2. The van der Waals surface area contributed by atoms with Gasteiger partial charge >= 0.3 is 0 Å². The van der Waals surface area contributed by atoms with Gasteiger partial charge in [-0.3, -0.25) is 4.79 Å². The highest BCUT2D eigenvalue weighted by Crippen LogP contribution is 2.21. The largest absolute Gasteiger partial charge is 0.497 e. The van der Waals surface area contributed by atoms with Gasteiger partial charge in [0, 0.05) is 22.2 Å². The molecule has 0 saturated carbocycles. The highest BCUT2D eigenvalue weighted by molar-refractivity contribution is 6.30. The Morgan fingerprint density at radius 2 is 1.89 bits per heavy atom. The number of nitrogens with one attached hydrogen (secondary N) is 1. The van der Waals surface area contributed by atoms with Crippen molar-refractivity contribution in [2.45, 2.75) is 0 Å². The third-order valence-corrected chi connectivity index (χ3v) is 3.99. The molecule has 0 atom stereocenters. The van der Waals surface area contributed by atoms with E-state index >= 15 is 0 Å². The number of aromatic nitrogens is 2. The van der Waals surface area contributed by atoms with E-state index in [-0.39, 0.29) is 12.5 Å². The first-order valence-corrected chi connectivity index (χ1v) is 8.68. The Bertz CT molecular complexity index is 899. The van der Waals surface area contributed by atoms with Crippen LogP contribution in [-0.4, -0.2) is 36.4 Å². The van der Waals surface area contributed by atoms with Crippen LogP contribution in [0.1, 0.15) is 10.4 Å². The third kappa shape index (κ3) is 5.18. The Balaban J connectivity index is 1.48. The lowest BCUT2D eigenvalue weighted by molar-refractivity contribution is 0.0946. The van der Waals surface area contributed by atoms with E-state index < -0.39 is 0 Å². The summed E-state index contributed by atoms with van der Waals surface area (Å²) in [4.78, 5) is 12.0. The summed E-state index contributed by atoms with van der Waals surface area (Å²) in [5.74, 6) is 0.970. The molecule has 1 heterocycles. The van der Waals surface area contributed by atoms with E-state index in [1.807, 2.05) is 30.3 Å². The van der Waals surface area contributed by atoms with Gasteiger partial charge in [0.15, 0.2) is 0 Å². The van der Waals surface area contributed by atoms with Gasteiger partial charge < -0.3 is 14.8 Å². The van der Waals surface area contributed by atoms with Crippen molar-refractivity contribution in [1.82, 2.24) is 15.5 Å². The van der Waals surface area contributed by atoms with Crippen molar-refractivity contribution in [1.29, 1.82) is 0 Å². The minimum atomic E-state index is -0.206. The number of halogens is 1. The van der Waals surface area contributed by atoms with Crippen molar-refractivity contribution < 1.29 is 14.3 Å². The Morgan fingerprint density at radius 3 is 2.56 bits per heavy atom. The van der Waals surface area contributed by atoms with Gasteiger partial charge in [0.25, 0.3) is 5.91 Å². The molecule has 0 aliphatic heterocycles. The maximum Gasteiger partial charge on any atom is 0.251 e. The Morgan fingerprint density at radius 1 is 1.07 bits per heavy atom. The van der Waals surface area contributed by atoms with Crippen molar-refractivity contribution in [2.75, 3.05) is 20.3 Å². The summed E-state index contributed by atoms with van der Waals surface area (Å²) in [6, 6.07) is 17.9. The summed E-state index contributed by atoms with van der Waals surface area (Å²) < 4.78 is 10.6. The van der Waals surface area contributed by atoms with Crippen molar-refractivity contribution in [3.63, 3.8) is 0 Å². The van der Waals surface area contributed by atoms with Gasteiger partial charge in [0.05, 0.1) is 19.3 Å². The molecular weight excluding hydrogens is 366 g/mol. The zero-order chi connectivity index (χ0) is 19.1. The van der Waals surface area contributed by atoms with Gasteiger partial charge in [-0.05, 0) is 48.5 Å². The molecule has 1 amide bonds. The second-order valence-corrected chi connectivity index (χ2v) is 6.04. The molecule has 0 bridgehead atoms. The Kier molecular flexibility index (Phi) is 6.22. The molecule has 0 unspecified atom stereocenters. The highest BCUT2D eigenvalue weighted by atomic mass is 35.5. The molecule has 2 aromatic carbocycles. The number of carbonyl (C=O) groups is 1. The van der Waals surface area contributed by atoms with E-state index in [0.29, 0.717) is 23.0 Å². The molecule has 0 saturated heterocycles. The van der Waals surface area contributed by atoms with Crippen LogP contribution in [0, 0.1) is 0 Å². The lowest BCUT2D eigenvalue weighted by Gasteiger charge is -2.08. The molecule has 138 valence electrons. The van der Waals surface area contributed by atoms with Crippen molar-refractivity contribution >= 4 is 17.5 Å². The van der Waals surface area contributed by atoms with Crippen LogP contribution in [0.15, 0.2) is 60.7 Å². The first-order valence-electron chi connectivity index (χ1n) is 8.30. The predicted molar refractivity (Wildman–Crippen MR) is 103 cm³/mol. The van der Waals surface area contributed by atoms with Crippen LogP contribution < -0.4 is 14.8 Å². The molecule has 0 spiro atoms. The van der Waals surface area contributed by atoms with Gasteiger partial charge in [0.1, 0.15) is 12.4 Å². The average Bonchev–Trinajstić information content (AvgIpc) is 2.71. The predicted octanol–water partition coefficient (Wildman–Crippen LogP) is 3.61. The van der Waals surface area contributed by atoms with E-state index in [4.69, 9.17) is 21.1 Å². The number of methoxy groups -OCH3 is 1. The fourth-order valence-corrected chi connectivity index (χ4v) is 2.55. The van der Waals surface area contributed by atoms with Crippen LogP contribution in [0.4, 0.5) is 0 Å². The highest BCUT2D eigenvalue weighted by Gasteiger charge is 2.06. The fourth-order valence-electron chi connectivity index (χ4n) is 2.36. The van der Waals surface area contributed by atoms with Crippen LogP contribution in [0.5, 0.6) is 11.6 Å². The topological polar surface area (TPSA) is 73.3 Å². The quantitative estimate of drug-likeness (QED) is 0.631. The molecule has 3 rings (SSSR count). The Hall–Kier alpha value is -3.12. The molecule has 27 heavy (non-hydrogen) atoms. The van der Waals surface area contributed by atoms with E-state index in [0.717, 1.165) is 17.0 Å². The lowest BCUT2D eigenvalue weighted by atomic mass is 10.1. The molecule has 0 aliphatic carbocycles.